The molecule has 2 heteroatoms. The molecule has 0 aromatic heterocycles. The zero-order chi connectivity index (χ0) is 13.0. The Bertz CT molecular complexity index is 360. The Kier molecular flexibility index (Phi) is 4.65. The molecule has 1 aromatic rings. The number of nitrogens with zero attached hydrogens (tertiary/aromatic N) is 1. The van der Waals surface area contributed by atoms with E-state index in [0.717, 1.165) is 12.0 Å². The second kappa shape index (κ2) is 6.24. The second-order valence-corrected chi connectivity index (χ2v) is 5.27. The number of aliphatic hydroxyl groups excluding tert-OH is 1. The van der Waals surface area contributed by atoms with Crippen molar-refractivity contribution >= 4 is 5.69 Å². The SMILES string of the molecule is CCC1CCCCN1c1ccc([C@H](O)CC)cc1. The van der Waals surface area contributed by atoms with Gasteiger partial charge in [-0.2, -0.15) is 0 Å². The van der Waals surface area contributed by atoms with E-state index in [0.29, 0.717) is 6.04 Å². The number of hydrogen-bond donors (Lipinski definition) is 1. The molecule has 0 bridgehead atoms. The number of aliphatic hydroxyl groups is 1. The quantitative estimate of drug-likeness (QED) is 0.872. The summed E-state index contributed by atoms with van der Waals surface area (Å²) >= 11 is 0. The van der Waals surface area contributed by atoms with E-state index in [-0.39, 0.29) is 6.10 Å². The lowest BCUT2D eigenvalue weighted by atomic mass is 9.98. The summed E-state index contributed by atoms with van der Waals surface area (Å²) in [6, 6.07) is 9.18. The number of piperidine rings is 1. The molecule has 1 fully saturated rings. The fourth-order valence-corrected chi connectivity index (χ4v) is 2.89. The fraction of sp³-hybridized carbons (Fsp3) is 0.625. The minimum Gasteiger partial charge on any atom is -0.388 e. The summed E-state index contributed by atoms with van der Waals surface area (Å²) in [4.78, 5) is 2.53. The van der Waals surface area contributed by atoms with Crippen molar-refractivity contribution in [2.75, 3.05) is 11.4 Å². The van der Waals surface area contributed by atoms with Gasteiger partial charge in [0.15, 0.2) is 0 Å². The van der Waals surface area contributed by atoms with Crippen LogP contribution in [-0.2, 0) is 0 Å². The minimum absolute atomic E-state index is 0.317. The van der Waals surface area contributed by atoms with Gasteiger partial charge in [0.05, 0.1) is 6.10 Å². The van der Waals surface area contributed by atoms with Gasteiger partial charge in [-0.3, -0.25) is 0 Å². The van der Waals surface area contributed by atoms with Crippen LogP contribution in [0.2, 0.25) is 0 Å². The van der Waals surface area contributed by atoms with Crippen LogP contribution in [0.5, 0.6) is 0 Å². The standard InChI is InChI=1S/C16H25NO/c1-3-14-7-5-6-12-17(14)15-10-8-13(9-11-15)16(18)4-2/h8-11,14,16,18H,3-7,12H2,1-2H3/t14?,16-/m1/s1. The summed E-state index contributed by atoms with van der Waals surface area (Å²) in [5.41, 5.74) is 2.35. The third-order valence-corrected chi connectivity index (χ3v) is 4.09. The van der Waals surface area contributed by atoms with E-state index in [2.05, 4.69) is 36.1 Å². The van der Waals surface area contributed by atoms with Crippen LogP contribution in [-0.4, -0.2) is 17.7 Å². The van der Waals surface area contributed by atoms with Crippen molar-refractivity contribution in [3.8, 4) is 0 Å². The Hall–Kier alpha value is -1.02. The third kappa shape index (κ3) is 2.86. The second-order valence-electron chi connectivity index (χ2n) is 5.27. The number of anilines is 1. The smallest absolute Gasteiger partial charge is 0.0787 e. The van der Waals surface area contributed by atoms with Crippen LogP contribution < -0.4 is 4.90 Å². The van der Waals surface area contributed by atoms with Crippen LogP contribution >= 0.6 is 0 Å². The molecule has 1 unspecified atom stereocenters. The predicted octanol–water partition coefficient (Wildman–Crippen LogP) is 3.90. The topological polar surface area (TPSA) is 23.5 Å². The Balaban J connectivity index is 2.12. The lowest BCUT2D eigenvalue weighted by molar-refractivity contribution is 0.173. The van der Waals surface area contributed by atoms with Gasteiger partial charge in [0.25, 0.3) is 0 Å². The third-order valence-electron chi connectivity index (χ3n) is 4.09. The van der Waals surface area contributed by atoms with Crippen LogP contribution in [0.4, 0.5) is 5.69 Å². The first-order chi connectivity index (χ1) is 8.76. The van der Waals surface area contributed by atoms with Gasteiger partial charge in [-0.1, -0.05) is 26.0 Å². The molecule has 1 aliphatic rings. The number of rotatable bonds is 4. The highest BCUT2D eigenvalue weighted by Crippen LogP contribution is 2.28. The van der Waals surface area contributed by atoms with Crippen molar-refractivity contribution in [2.24, 2.45) is 0 Å². The Morgan fingerprint density at radius 2 is 1.94 bits per heavy atom. The molecule has 2 rings (SSSR count). The average molecular weight is 247 g/mol. The Morgan fingerprint density at radius 1 is 1.22 bits per heavy atom. The zero-order valence-electron chi connectivity index (χ0n) is 11.6. The van der Waals surface area contributed by atoms with Crippen LogP contribution in [0.1, 0.15) is 57.6 Å². The molecule has 18 heavy (non-hydrogen) atoms. The van der Waals surface area contributed by atoms with Crippen molar-refractivity contribution in [3.63, 3.8) is 0 Å². The highest BCUT2D eigenvalue weighted by Gasteiger charge is 2.20. The van der Waals surface area contributed by atoms with Crippen molar-refractivity contribution in [1.29, 1.82) is 0 Å². The monoisotopic (exact) mass is 247 g/mol. The average Bonchev–Trinajstić information content (AvgIpc) is 2.46. The molecule has 1 saturated heterocycles. The number of benzene rings is 1. The van der Waals surface area contributed by atoms with Crippen molar-refractivity contribution in [3.05, 3.63) is 29.8 Å². The molecule has 0 aliphatic carbocycles. The van der Waals surface area contributed by atoms with Gasteiger partial charge in [0.2, 0.25) is 0 Å². The molecule has 1 heterocycles. The predicted molar refractivity (Wildman–Crippen MR) is 77.0 cm³/mol. The first-order valence-corrected chi connectivity index (χ1v) is 7.31. The maximum absolute atomic E-state index is 9.82. The summed E-state index contributed by atoms with van der Waals surface area (Å²) in [6.45, 7) is 5.46. The molecule has 0 spiro atoms. The summed E-state index contributed by atoms with van der Waals surface area (Å²) in [5, 5.41) is 9.82. The summed E-state index contributed by atoms with van der Waals surface area (Å²) in [7, 11) is 0. The van der Waals surface area contributed by atoms with Crippen LogP contribution in [0.25, 0.3) is 0 Å². The Morgan fingerprint density at radius 3 is 2.56 bits per heavy atom. The molecule has 1 aromatic carbocycles. The zero-order valence-corrected chi connectivity index (χ0v) is 11.6. The number of hydrogen-bond acceptors (Lipinski definition) is 2. The van der Waals surface area contributed by atoms with Gasteiger partial charge in [0, 0.05) is 18.3 Å². The van der Waals surface area contributed by atoms with Gasteiger partial charge in [-0.05, 0) is 49.8 Å². The van der Waals surface area contributed by atoms with E-state index in [1.54, 1.807) is 0 Å². The lowest BCUT2D eigenvalue weighted by Crippen LogP contribution is -2.39. The van der Waals surface area contributed by atoms with E-state index in [1.165, 1.54) is 37.9 Å². The van der Waals surface area contributed by atoms with E-state index in [1.807, 2.05) is 6.92 Å². The first kappa shape index (κ1) is 13.4. The summed E-state index contributed by atoms with van der Waals surface area (Å²) in [6.07, 6.45) is 5.66. The minimum atomic E-state index is -0.317. The van der Waals surface area contributed by atoms with E-state index < -0.39 is 0 Å². The van der Waals surface area contributed by atoms with Crippen molar-refractivity contribution in [1.82, 2.24) is 0 Å². The van der Waals surface area contributed by atoms with Crippen LogP contribution in [0, 0.1) is 0 Å². The Labute approximate surface area is 111 Å². The summed E-state index contributed by atoms with van der Waals surface area (Å²) in [5.74, 6) is 0. The molecule has 1 N–H and O–H groups in total. The van der Waals surface area contributed by atoms with Gasteiger partial charge >= 0.3 is 0 Å². The fourth-order valence-electron chi connectivity index (χ4n) is 2.89. The van der Waals surface area contributed by atoms with E-state index in [9.17, 15) is 5.11 Å². The molecule has 0 radical (unpaired) electrons. The highest BCUT2D eigenvalue weighted by atomic mass is 16.3. The molecular weight excluding hydrogens is 222 g/mol. The molecular formula is C16H25NO. The largest absolute Gasteiger partial charge is 0.388 e. The maximum atomic E-state index is 9.82. The van der Waals surface area contributed by atoms with Gasteiger partial charge in [0.1, 0.15) is 0 Å². The molecule has 2 atom stereocenters. The van der Waals surface area contributed by atoms with Crippen molar-refractivity contribution in [2.45, 2.75) is 58.1 Å². The molecule has 0 saturated carbocycles. The first-order valence-electron chi connectivity index (χ1n) is 7.31. The molecule has 1 aliphatic heterocycles. The molecule has 100 valence electrons. The lowest BCUT2D eigenvalue weighted by Gasteiger charge is -2.37. The van der Waals surface area contributed by atoms with Gasteiger partial charge in [-0.25, -0.2) is 0 Å². The van der Waals surface area contributed by atoms with Gasteiger partial charge < -0.3 is 10.0 Å². The van der Waals surface area contributed by atoms with Crippen LogP contribution in [0.3, 0.4) is 0 Å². The maximum Gasteiger partial charge on any atom is 0.0787 e. The highest BCUT2D eigenvalue weighted by molar-refractivity contribution is 5.49. The van der Waals surface area contributed by atoms with Gasteiger partial charge in [-0.15, -0.1) is 0 Å². The normalized spacial score (nSPS) is 21.9. The van der Waals surface area contributed by atoms with Crippen LogP contribution in [0.15, 0.2) is 24.3 Å². The molecule has 0 amide bonds. The van der Waals surface area contributed by atoms with Crippen molar-refractivity contribution < 1.29 is 5.11 Å². The van der Waals surface area contributed by atoms with E-state index >= 15 is 0 Å². The summed E-state index contributed by atoms with van der Waals surface area (Å²) < 4.78 is 0. The molecule has 2 nitrogen and oxygen atoms in total. The van der Waals surface area contributed by atoms with E-state index in [4.69, 9.17) is 0 Å².